The summed E-state index contributed by atoms with van der Waals surface area (Å²) < 4.78 is 14.1. The maximum Gasteiger partial charge on any atom is 0.257 e. The van der Waals surface area contributed by atoms with Gasteiger partial charge in [-0.1, -0.05) is 12.1 Å². The molecule has 0 N–H and O–H groups in total. The highest BCUT2D eigenvalue weighted by molar-refractivity contribution is 5.96. The van der Waals surface area contributed by atoms with E-state index < -0.39 is 5.82 Å². The number of benzene rings is 1. The smallest absolute Gasteiger partial charge is 0.257 e. The van der Waals surface area contributed by atoms with Crippen molar-refractivity contribution in [1.29, 1.82) is 0 Å². The van der Waals surface area contributed by atoms with Crippen molar-refractivity contribution >= 4 is 5.91 Å². The Balaban J connectivity index is 1.87. The Morgan fingerprint density at radius 3 is 2.83 bits per heavy atom. The number of rotatable bonds is 3. The second kappa shape index (κ2) is 6.69. The molecule has 0 saturated carbocycles. The van der Waals surface area contributed by atoms with Crippen LogP contribution < -0.4 is 0 Å². The number of hydrogen-bond acceptors (Lipinski definition) is 3. The summed E-state index contributed by atoms with van der Waals surface area (Å²) in [6.45, 7) is 3.68. The fourth-order valence-corrected chi connectivity index (χ4v) is 3.28. The molecule has 3 rings (SSSR count). The molecule has 0 fully saturated rings. The van der Waals surface area contributed by atoms with Crippen molar-refractivity contribution in [2.75, 3.05) is 20.6 Å². The number of halogens is 1. The highest BCUT2D eigenvalue weighted by Crippen LogP contribution is 2.25. The van der Waals surface area contributed by atoms with Gasteiger partial charge in [-0.25, -0.2) is 4.39 Å². The maximum absolute atomic E-state index is 14.1. The zero-order valence-corrected chi connectivity index (χ0v) is 14.3. The molecule has 24 heavy (non-hydrogen) atoms. The molecule has 126 valence electrons. The molecule has 2 heterocycles. The minimum Gasteiger partial charge on any atom is -0.334 e. The van der Waals surface area contributed by atoms with Gasteiger partial charge in [0.2, 0.25) is 0 Å². The number of carbonyl (C=O) groups excluding carboxylic acids is 1. The van der Waals surface area contributed by atoms with E-state index >= 15 is 0 Å². The Bertz CT molecular complexity index is 753. The molecular formula is C19H22FN3O. The quantitative estimate of drug-likeness (QED) is 0.870. The van der Waals surface area contributed by atoms with Crippen LogP contribution in [0.2, 0.25) is 0 Å². The molecule has 0 atom stereocenters. The molecule has 1 aromatic carbocycles. The first kappa shape index (κ1) is 16.6. The molecule has 0 saturated heterocycles. The molecule has 0 unspecified atom stereocenters. The van der Waals surface area contributed by atoms with Gasteiger partial charge in [-0.05, 0) is 55.8 Å². The average molecular weight is 327 g/mol. The van der Waals surface area contributed by atoms with E-state index in [0.717, 1.165) is 18.5 Å². The van der Waals surface area contributed by atoms with Crippen LogP contribution in [0.25, 0.3) is 0 Å². The Kier molecular flexibility index (Phi) is 4.62. The van der Waals surface area contributed by atoms with Crippen molar-refractivity contribution in [1.82, 2.24) is 14.8 Å². The third kappa shape index (κ3) is 3.17. The highest BCUT2D eigenvalue weighted by atomic mass is 19.1. The minimum absolute atomic E-state index is 0.179. The van der Waals surface area contributed by atoms with Gasteiger partial charge < -0.3 is 9.80 Å². The van der Waals surface area contributed by atoms with Gasteiger partial charge in [0.05, 0.1) is 5.56 Å². The molecule has 1 aromatic heterocycles. The summed E-state index contributed by atoms with van der Waals surface area (Å²) in [4.78, 5) is 20.9. The second-order valence-corrected chi connectivity index (χ2v) is 6.58. The molecule has 4 nitrogen and oxygen atoms in total. The second-order valence-electron chi connectivity index (χ2n) is 6.58. The number of pyridine rings is 1. The van der Waals surface area contributed by atoms with Crippen LogP contribution in [-0.2, 0) is 19.5 Å². The van der Waals surface area contributed by atoms with Crippen molar-refractivity contribution < 1.29 is 9.18 Å². The van der Waals surface area contributed by atoms with Gasteiger partial charge in [0.25, 0.3) is 5.91 Å². The van der Waals surface area contributed by atoms with Crippen LogP contribution in [-0.4, -0.2) is 41.3 Å². The standard InChI is InChI=1S/C19H22FN3O/c1-13-5-4-6-17(20)18(13)19(24)23-8-7-16-14(11-22(2)3)9-21-10-15(16)12-23/h4-6,9-10H,7-8,11-12H2,1-3H3. The molecular weight excluding hydrogens is 305 g/mol. The van der Waals surface area contributed by atoms with E-state index in [1.54, 1.807) is 24.0 Å². The Morgan fingerprint density at radius 2 is 2.12 bits per heavy atom. The monoisotopic (exact) mass is 327 g/mol. The maximum atomic E-state index is 14.1. The first-order valence-electron chi connectivity index (χ1n) is 8.11. The minimum atomic E-state index is -0.453. The number of hydrogen-bond donors (Lipinski definition) is 0. The van der Waals surface area contributed by atoms with Crippen molar-refractivity contribution in [3.63, 3.8) is 0 Å². The van der Waals surface area contributed by atoms with Gasteiger partial charge in [0.1, 0.15) is 5.82 Å². The van der Waals surface area contributed by atoms with Crippen LogP contribution in [0.1, 0.15) is 32.6 Å². The lowest BCUT2D eigenvalue weighted by Gasteiger charge is -2.30. The van der Waals surface area contributed by atoms with Crippen LogP contribution in [0.15, 0.2) is 30.6 Å². The van der Waals surface area contributed by atoms with Crippen LogP contribution in [0.5, 0.6) is 0 Å². The summed E-state index contributed by atoms with van der Waals surface area (Å²) in [7, 11) is 4.05. The number of carbonyl (C=O) groups is 1. The van der Waals surface area contributed by atoms with Crippen molar-refractivity contribution in [2.45, 2.75) is 26.4 Å². The van der Waals surface area contributed by atoms with Gasteiger partial charge in [-0.15, -0.1) is 0 Å². The van der Waals surface area contributed by atoms with Crippen molar-refractivity contribution in [3.8, 4) is 0 Å². The van der Waals surface area contributed by atoms with E-state index in [9.17, 15) is 9.18 Å². The fraction of sp³-hybridized carbons (Fsp3) is 0.368. The molecule has 0 spiro atoms. The van der Waals surface area contributed by atoms with E-state index in [-0.39, 0.29) is 11.5 Å². The predicted molar refractivity (Wildman–Crippen MR) is 91.2 cm³/mol. The first-order chi connectivity index (χ1) is 11.5. The van der Waals surface area contributed by atoms with Crippen molar-refractivity contribution in [3.05, 3.63) is 64.2 Å². The van der Waals surface area contributed by atoms with E-state index in [1.165, 1.54) is 17.2 Å². The van der Waals surface area contributed by atoms with Gasteiger partial charge in [-0.3, -0.25) is 9.78 Å². The summed E-state index contributed by atoms with van der Waals surface area (Å²) in [6.07, 6.45) is 4.50. The molecule has 5 heteroatoms. The van der Waals surface area contributed by atoms with E-state index in [2.05, 4.69) is 9.88 Å². The molecule has 2 aromatic rings. The third-order valence-corrected chi connectivity index (χ3v) is 4.44. The molecule has 1 aliphatic heterocycles. The van der Waals surface area contributed by atoms with E-state index in [0.29, 0.717) is 18.7 Å². The largest absolute Gasteiger partial charge is 0.334 e. The highest BCUT2D eigenvalue weighted by Gasteiger charge is 2.26. The Labute approximate surface area is 141 Å². The normalized spacial score (nSPS) is 14.0. The van der Waals surface area contributed by atoms with Gasteiger partial charge in [0.15, 0.2) is 0 Å². The molecule has 0 bridgehead atoms. The number of aryl methyl sites for hydroxylation is 1. The molecule has 1 amide bonds. The molecule has 0 aliphatic carbocycles. The SMILES string of the molecule is Cc1cccc(F)c1C(=O)N1CCc2c(CN(C)C)cncc2C1. The first-order valence-corrected chi connectivity index (χ1v) is 8.11. The van der Waals surface area contributed by atoms with Gasteiger partial charge in [-0.2, -0.15) is 0 Å². The lowest BCUT2D eigenvalue weighted by Crippen LogP contribution is -2.37. The predicted octanol–water partition coefficient (Wildman–Crippen LogP) is 2.79. The summed E-state index contributed by atoms with van der Waals surface area (Å²) in [6, 6.07) is 4.74. The summed E-state index contributed by atoms with van der Waals surface area (Å²) in [5, 5.41) is 0. The summed E-state index contributed by atoms with van der Waals surface area (Å²) in [5.41, 5.74) is 4.38. The topological polar surface area (TPSA) is 36.4 Å². The Hall–Kier alpha value is -2.27. The number of amides is 1. The third-order valence-electron chi connectivity index (χ3n) is 4.44. The number of aromatic nitrogens is 1. The number of fused-ring (bicyclic) bond motifs is 1. The van der Waals surface area contributed by atoms with Crippen LogP contribution in [0.3, 0.4) is 0 Å². The summed E-state index contributed by atoms with van der Waals surface area (Å²) in [5.74, 6) is -0.695. The molecule has 0 radical (unpaired) electrons. The van der Waals surface area contributed by atoms with Crippen molar-refractivity contribution in [2.24, 2.45) is 0 Å². The van der Waals surface area contributed by atoms with Crippen LogP contribution in [0.4, 0.5) is 4.39 Å². The lowest BCUT2D eigenvalue weighted by atomic mass is 9.96. The van der Waals surface area contributed by atoms with Gasteiger partial charge in [0, 0.05) is 32.0 Å². The van der Waals surface area contributed by atoms with E-state index in [4.69, 9.17) is 0 Å². The zero-order chi connectivity index (χ0) is 17.3. The van der Waals surface area contributed by atoms with E-state index in [1.807, 2.05) is 26.5 Å². The fourth-order valence-electron chi connectivity index (χ4n) is 3.28. The zero-order valence-electron chi connectivity index (χ0n) is 14.3. The summed E-state index contributed by atoms with van der Waals surface area (Å²) >= 11 is 0. The average Bonchev–Trinajstić information content (AvgIpc) is 2.54. The van der Waals surface area contributed by atoms with Crippen LogP contribution in [0, 0.1) is 12.7 Å². The van der Waals surface area contributed by atoms with Crippen LogP contribution >= 0.6 is 0 Å². The lowest BCUT2D eigenvalue weighted by molar-refractivity contribution is 0.0728. The Morgan fingerprint density at radius 1 is 1.33 bits per heavy atom. The van der Waals surface area contributed by atoms with Gasteiger partial charge >= 0.3 is 0 Å². The molecule has 1 aliphatic rings. The number of nitrogens with zero attached hydrogens (tertiary/aromatic N) is 3.